The maximum Gasteiger partial charge on any atom is 0.230 e. The maximum atomic E-state index is 12.9. The second kappa shape index (κ2) is 11.1. The van der Waals surface area contributed by atoms with Gasteiger partial charge in [-0.25, -0.2) is 9.97 Å². The van der Waals surface area contributed by atoms with E-state index < -0.39 is 0 Å². The van der Waals surface area contributed by atoms with E-state index in [1.54, 1.807) is 6.07 Å². The summed E-state index contributed by atoms with van der Waals surface area (Å²) in [6.45, 7) is 4.25. The molecule has 0 radical (unpaired) electrons. The van der Waals surface area contributed by atoms with E-state index in [2.05, 4.69) is 27.1 Å². The van der Waals surface area contributed by atoms with Gasteiger partial charge in [0.15, 0.2) is 5.16 Å². The van der Waals surface area contributed by atoms with E-state index in [9.17, 15) is 9.59 Å². The smallest absolute Gasteiger partial charge is 0.230 e. The number of nitrogens with one attached hydrogen (secondary N) is 1. The second-order valence-electron chi connectivity index (χ2n) is 9.33. The van der Waals surface area contributed by atoms with Crippen LogP contribution in [0.1, 0.15) is 64.7 Å². The highest BCUT2D eigenvalue weighted by atomic mass is 35.5. The van der Waals surface area contributed by atoms with Gasteiger partial charge >= 0.3 is 0 Å². The summed E-state index contributed by atoms with van der Waals surface area (Å²) >= 11 is 7.61. The van der Waals surface area contributed by atoms with E-state index in [0.29, 0.717) is 28.8 Å². The van der Waals surface area contributed by atoms with Crippen molar-refractivity contribution in [2.45, 2.75) is 82.0 Å². The van der Waals surface area contributed by atoms with Gasteiger partial charge in [-0.15, -0.1) is 0 Å². The van der Waals surface area contributed by atoms with Crippen LogP contribution in [-0.4, -0.2) is 64.2 Å². The third-order valence-electron chi connectivity index (χ3n) is 6.90. The quantitative estimate of drug-likeness (QED) is 0.378. The molecule has 1 atom stereocenters. The molecule has 9 heteroatoms. The molecule has 176 valence electrons. The molecule has 7 nitrogen and oxygen atoms in total. The van der Waals surface area contributed by atoms with Gasteiger partial charge in [-0.2, -0.15) is 0 Å². The Hall–Kier alpha value is -1.54. The van der Waals surface area contributed by atoms with E-state index in [-0.39, 0.29) is 23.6 Å². The minimum Gasteiger partial charge on any atom is -0.353 e. The molecule has 4 rings (SSSR count). The standard InChI is InChI=1S/C23H34ClN5O2S/c1-16-14-28(11-12-29(16)22(31)17-7-5-6-8-17)20-13-19(24)26-23(27-20)32-15-21(30)25-18-9-3-2-4-10-18/h13,16-18H,2-12,14-15H2,1H3,(H,25,30). The van der Waals surface area contributed by atoms with Gasteiger partial charge < -0.3 is 15.1 Å². The number of nitrogens with zero attached hydrogens (tertiary/aromatic N) is 4. The summed E-state index contributed by atoms with van der Waals surface area (Å²) in [6.07, 6.45) is 10.2. The summed E-state index contributed by atoms with van der Waals surface area (Å²) in [5, 5.41) is 4.02. The van der Waals surface area contributed by atoms with Crippen LogP contribution in [-0.2, 0) is 9.59 Å². The van der Waals surface area contributed by atoms with Crippen molar-refractivity contribution in [2.24, 2.45) is 5.92 Å². The highest BCUT2D eigenvalue weighted by Crippen LogP contribution is 2.29. The molecule has 1 aliphatic heterocycles. The molecule has 0 aromatic carbocycles. The first-order chi connectivity index (χ1) is 15.5. The number of carbonyl (C=O) groups excluding carboxylic acids is 2. The fourth-order valence-electron chi connectivity index (χ4n) is 5.16. The fraction of sp³-hybridized carbons (Fsp3) is 0.739. The number of rotatable bonds is 6. The molecule has 2 heterocycles. The minimum atomic E-state index is 0.0275. The van der Waals surface area contributed by atoms with E-state index >= 15 is 0 Å². The number of aromatic nitrogens is 2. The average Bonchev–Trinajstić information content (AvgIpc) is 3.33. The normalized spacial score (nSPS) is 22.9. The number of piperazine rings is 1. The summed E-state index contributed by atoms with van der Waals surface area (Å²) in [6, 6.07) is 2.20. The van der Waals surface area contributed by atoms with Crippen LogP contribution < -0.4 is 10.2 Å². The Kier molecular flexibility index (Phi) is 8.16. The van der Waals surface area contributed by atoms with E-state index in [1.807, 2.05) is 4.90 Å². The van der Waals surface area contributed by atoms with Gasteiger partial charge in [0.05, 0.1) is 5.75 Å². The maximum absolute atomic E-state index is 12.9. The summed E-state index contributed by atoms with van der Waals surface area (Å²) in [5.74, 6) is 1.60. The van der Waals surface area contributed by atoms with E-state index in [4.69, 9.17) is 11.6 Å². The van der Waals surface area contributed by atoms with Crippen molar-refractivity contribution < 1.29 is 9.59 Å². The summed E-state index contributed by atoms with van der Waals surface area (Å²) < 4.78 is 0. The zero-order valence-electron chi connectivity index (χ0n) is 18.9. The SMILES string of the molecule is CC1CN(c2cc(Cl)nc(SCC(=O)NC3CCCCC3)n2)CCN1C(=O)C1CCCC1. The van der Waals surface area contributed by atoms with Gasteiger partial charge in [0, 0.05) is 43.7 Å². The number of hydrogen-bond donors (Lipinski definition) is 1. The van der Waals surface area contributed by atoms with Crippen LogP contribution in [0.15, 0.2) is 11.2 Å². The predicted molar refractivity (Wildman–Crippen MR) is 128 cm³/mol. The molecule has 3 fully saturated rings. The van der Waals surface area contributed by atoms with Gasteiger partial charge in [-0.1, -0.05) is 55.5 Å². The number of amides is 2. The number of anilines is 1. The highest BCUT2D eigenvalue weighted by molar-refractivity contribution is 7.99. The topological polar surface area (TPSA) is 78.4 Å². The summed E-state index contributed by atoms with van der Waals surface area (Å²) in [4.78, 5) is 38.4. The monoisotopic (exact) mass is 479 g/mol. The van der Waals surface area contributed by atoms with Gasteiger partial charge in [0.1, 0.15) is 11.0 Å². The first-order valence-electron chi connectivity index (χ1n) is 12.0. The molecule has 0 bridgehead atoms. The molecule has 3 aliphatic rings. The van der Waals surface area contributed by atoms with Crippen molar-refractivity contribution in [1.82, 2.24) is 20.2 Å². The second-order valence-corrected chi connectivity index (χ2v) is 10.7. The Morgan fingerprint density at radius 3 is 2.53 bits per heavy atom. The molecule has 2 amide bonds. The van der Waals surface area contributed by atoms with E-state index in [0.717, 1.165) is 44.6 Å². The van der Waals surface area contributed by atoms with Crippen LogP contribution in [0.25, 0.3) is 0 Å². The van der Waals surface area contributed by atoms with Crippen molar-refractivity contribution in [1.29, 1.82) is 0 Å². The van der Waals surface area contributed by atoms with E-state index in [1.165, 1.54) is 43.9 Å². The lowest BCUT2D eigenvalue weighted by Gasteiger charge is -2.41. The van der Waals surface area contributed by atoms with Crippen LogP contribution >= 0.6 is 23.4 Å². The lowest BCUT2D eigenvalue weighted by molar-refractivity contribution is -0.137. The molecular formula is C23H34ClN5O2S. The molecule has 0 spiro atoms. The van der Waals surface area contributed by atoms with Crippen molar-refractivity contribution in [3.05, 3.63) is 11.2 Å². The van der Waals surface area contributed by atoms with Crippen molar-refractivity contribution in [3.63, 3.8) is 0 Å². The Morgan fingerprint density at radius 1 is 1.09 bits per heavy atom. The zero-order chi connectivity index (χ0) is 22.5. The third kappa shape index (κ3) is 6.07. The molecule has 2 saturated carbocycles. The van der Waals surface area contributed by atoms with Crippen LogP contribution in [0, 0.1) is 5.92 Å². The van der Waals surface area contributed by atoms with Gasteiger partial charge in [0.25, 0.3) is 0 Å². The number of hydrogen-bond acceptors (Lipinski definition) is 6. The van der Waals surface area contributed by atoms with Crippen LogP contribution in [0.2, 0.25) is 5.15 Å². The first kappa shape index (κ1) is 23.6. The Bertz CT molecular complexity index is 814. The molecule has 1 unspecified atom stereocenters. The third-order valence-corrected chi connectivity index (χ3v) is 7.94. The Morgan fingerprint density at radius 2 is 1.81 bits per heavy atom. The molecule has 32 heavy (non-hydrogen) atoms. The highest BCUT2D eigenvalue weighted by Gasteiger charge is 2.33. The molecular weight excluding hydrogens is 446 g/mol. The number of carbonyl (C=O) groups is 2. The predicted octanol–water partition coefficient (Wildman–Crippen LogP) is 3.90. The molecule has 2 aliphatic carbocycles. The number of halogens is 1. The molecule has 1 aromatic heterocycles. The van der Waals surface area contributed by atoms with Crippen molar-refractivity contribution in [2.75, 3.05) is 30.3 Å². The van der Waals surface area contributed by atoms with Gasteiger partial charge in [-0.3, -0.25) is 9.59 Å². The summed E-state index contributed by atoms with van der Waals surface area (Å²) in [5.41, 5.74) is 0. The average molecular weight is 480 g/mol. The molecule has 1 aromatic rings. The molecule has 1 saturated heterocycles. The lowest BCUT2D eigenvalue weighted by atomic mass is 9.95. The zero-order valence-corrected chi connectivity index (χ0v) is 20.5. The van der Waals surface area contributed by atoms with Crippen LogP contribution in [0.4, 0.5) is 5.82 Å². The lowest BCUT2D eigenvalue weighted by Crippen LogP contribution is -2.55. The van der Waals surface area contributed by atoms with Crippen molar-refractivity contribution in [3.8, 4) is 0 Å². The first-order valence-corrected chi connectivity index (χ1v) is 13.4. The fourth-order valence-corrected chi connectivity index (χ4v) is 6.05. The van der Waals surface area contributed by atoms with Gasteiger partial charge in [-0.05, 0) is 32.6 Å². The van der Waals surface area contributed by atoms with Crippen LogP contribution in [0.5, 0.6) is 0 Å². The summed E-state index contributed by atoms with van der Waals surface area (Å²) in [7, 11) is 0. The molecule has 1 N–H and O–H groups in total. The van der Waals surface area contributed by atoms with Crippen LogP contribution in [0.3, 0.4) is 0 Å². The van der Waals surface area contributed by atoms with Crippen molar-refractivity contribution >= 4 is 41.0 Å². The Labute approximate surface area is 200 Å². The largest absolute Gasteiger partial charge is 0.353 e. The minimum absolute atomic E-state index is 0.0275. The Balaban J connectivity index is 1.32. The number of thioether (sulfide) groups is 1. The van der Waals surface area contributed by atoms with Gasteiger partial charge in [0.2, 0.25) is 11.8 Å².